The molecule has 0 unspecified atom stereocenters. The predicted molar refractivity (Wildman–Crippen MR) is 163 cm³/mol. The van der Waals surface area contributed by atoms with Gasteiger partial charge >= 0.3 is 0 Å². The van der Waals surface area contributed by atoms with E-state index < -0.39 is 0 Å². The molecule has 0 saturated heterocycles. The lowest BCUT2D eigenvalue weighted by Crippen LogP contribution is -1.83. The summed E-state index contributed by atoms with van der Waals surface area (Å²) in [7, 11) is 0. The third-order valence-electron chi connectivity index (χ3n) is 7.14. The molecule has 4 aromatic heterocycles. The van der Waals surface area contributed by atoms with Crippen molar-refractivity contribution in [3.63, 3.8) is 0 Å². The van der Waals surface area contributed by atoms with E-state index in [0.29, 0.717) is 0 Å². The Morgan fingerprint density at radius 2 is 0.794 bits per heavy atom. The number of aryl methyl sites for hydroxylation is 2. The van der Waals surface area contributed by atoms with Crippen LogP contribution >= 0.6 is 45.3 Å². The molecule has 0 atom stereocenters. The zero-order chi connectivity index (χ0) is 23.6. The van der Waals surface area contributed by atoms with Gasteiger partial charge < -0.3 is 0 Å². The van der Waals surface area contributed by atoms with E-state index >= 15 is 0 Å². The molecule has 4 aromatic rings. The van der Waals surface area contributed by atoms with Crippen LogP contribution in [-0.2, 0) is 12.8 Å². The van der Waals surface area contributed by atoms with Gasteiger partial charge in [0.05, 0.1) is 17.4 Å². The Kier molecular flexibility index (Phi) is 11.2. The molecule has 0 aliphatic carbocycles. The fourth-order valence-electron chi connectivity index (χ4n) is 5.06. The first kappa shape index (κ1) is 26.6. The predicted octanol–water partition coefficient (Wildman–Crippen LogP) is 12.8. The molecule has 0 spiro atoms. The SMILES string of the molecule is CCCCCCCCCCc1cc2c(s1)sc1c3cc(CCCCCCCCCC)sc3sc21. The van der Waals surface area contributed by atoms with Gasteiger partial charge in [0.2, 0.25) is 0 Å². The van der Waals surface area contributed by atoms with Crippen molar-refractivity contribution in [2.75, 3.05) is 0 Å². The Hall–Kier alpha value is -0.420. The molecule has 0 aromatic carbocycles. The number of hydrogen-bond donors (Lipinski definition) is 0. The minimum absolute atomic E-state index is 1.28. The number of thiophene rings is 4. The van der Waals surface area contributed by atoms with Gasteiger partial charge in [-0.25, -0.2) is 0 Å². The second-order valence-electron chi connectivity index (χ2n) is 10.1. The van der Waals surface area contributed by atoms with Crippen LogP contribution in [0.4, 0.5) is 0 Å². The van der Waals surface area contributed by atoms with Crippen molar-refractivity contribution in [2.24, 2.45) is 0 Å². The molecule has 0 N–H and O–H groups in total. The maximum atomic E-state index is 2.53. The van der Waals surface area contributed by atoms with Crippen LogP contribution in [0.5, 0.6) is 0 Å². The molecule has 4 rings (SSSR count). The molecular formula is C30H44S4. The maximum Gasteiger partial charge on any atom is 0.0889 e. The lowest BCUT2D eigenvalue weighted by Gasteiger charge is -2.00. The normalized spacial score (nSPS) is 12.2. The molecule has 0 saturated carbocycles. The average molecular weight is 533 g/mol. The van der Waals surface area contributed by atoms with E-state index in [9.17, 15) is 0 Å². The lowest BCUT2D eigenvalue weighted by molar-refractivity contribution is 0.576. The molecule has 0 nitrogen and oxygen atoms in total. The van der Waals surface area contributed by atoms with E-state index in [1.165, 1.54) is 116 Å². The average Bonchev–Trinajstić information content (AvgIpc) is 3.56. The Morgan fingerprint density at radius 3 is 1.18 bits per heavy atom. The monoisotopic (exact) mass is 532 g/mol. The number of unbranched alkanes of at least 4 members (excludes halogenated alkanes) is 14. The molecule has 0 aliphatic heterocycles. The fraction of sp³-hybridized carbons (Fsp3) is 0.667. The van der Waals surface area contributed by atoms with E-state index in [0.717, 1.165) is 0 Å². The highest BCUT2D eigenvalue weighted by Gasteiger charge is 2.17. The van der Waals surface area contributed by atoms with Crippen LogP contribution in [0, 0.1) is 0 Å². The Bertz CT molecular complexity index is 1020. The van der Waals surface area contributed by atoms with Crippen molar-refractivity contribution in [3.05, 3.63) is 21.9 Å². The molecule has 4 heterocycles. The Balaban J connectivity index is 1.24. The van der Waals surface area contributed by atoms with E-state index in [2.05, 4.69) is 71.3 Å². The van der Waals surface area contributed by atoms with Gasteiger partial charge in [-0.2, -0.15) is 0 Å². The van der Waals surface area contributed by atoms with E-state index in [-0.39, 0.29) is 0 Å². The molecule has 4 heteroatoms. The zero-order valence-electron chi connectivity index (χ0n) is 21.5. The summed E-state index contributed by atoms with van der Waals surface area (Å²) in [4.78, 5) is 3.22. The lowest BCUT2D eigenvalue weighted by atomic mass is 10.1. The molecular weight excluding hydrogens is 489 g/mol. The van der Waals surface area contributed by atoms with Crippen LogP contribution in [0.15, 0.2) is 12.1 Å². The standard InChI is InChI=1S/C30H44S4/c1-3-5-7-9-11-13-15-17-19-23-21-25-27-28(33-29(25)31-23)26-22-24(32-30(26)34-27)20-18-16-14-12-10-8-6-4-2/h21-22H,3-20H2,1-2H3. The number of hydrogen-bond acceptors (Lipinski definition) is 4. The summed E-state index contributed by atoms with van der Waals surface area (Å²) in [6, 6.07) is 5.06. The summed E-state index contributed by atoms with van der Waals surface area (Å²) in [5.74, 6) is 0. The third kappa shape index (κ3) is 7.31. The Morgan fingerprint density at radius 1 is 0.441 bits per heavy atom. The van der Waals surface area contributed by atoms with E-state index in [4.69, 9.17) is 0 Å². The second-order valence-corrected chi connectivity index (χ2v) is 15.0. The maximum absolute atomic E-state index is 2.53. The molecule has 0 amide bonds. The van der Waals surface area contributed by atoms with Gasteiger partial charge in [0.15, 0.2) is 0 Å². The summed E-state index contributed by atoms with van der Waals surface area (Å²) < 4.78 is 6.26. The molecule has 34 heavy (non-hydrogen) atoms. The highest BCUT2D eigenvalue weighted by molar-refractivity contribution is 7.49. The highest BCUT2D eigenvalue weighted by Crippen LogP contribution is 2.49. The summed E-state index contributed by atoms with van der Waals surface area (Å²) in [5, 5.41) is 3.11. The summed E-state index contributed by atoms with van der Waals surface area (Å²) in [6.45, 7) is 4.60. The highest BCUT2D eigenvalue weighted by atomic mass is 32.2. The first-order chi connectivity index (χ1) is 16.8. The fourth-order valence-corrected chi connectivity index (χ4v) is 10.8. The molecule has 0 aliphatic rings. The van der Waals surface area contributed by atoms with Gasteiger partial charge in [-0.05, 0) is 37.8 Å². The minimum Gasteiger partial charge on any atom is -0.129 e. The van der Waals surface area contributed by atoms with E-state index in [1.54, 1.807) is 38.0 Å². The summed E-state index contributed by atoms with van der Waals surface area (Å²) in [6.07, 6.45) is 25.1. The summed E-state index contributed by atoms with van der Waals surface area (Å²) >= 11 is 8.27. The Labute approximate surface area is 223 Å². The zero-order valence-corrected chi connectivity index (χ0v) is 24.8. The minimum atomic E-state index is 1.28. The molecule has 0 radical (unpaired) electrons. The largest absolute Gasteiger partial charge is 0.129 e. The van der Waals surface area contributed by atoms with Crippen molar-refractivity contribution in [1.82, 2.24) is 0 Å². The van der Waals surface area contributed by atoms with Crippen LogP contribution < -0.4 is 0 Å². The third-order valence-corrected chi connectivity index (χ3v) is 12.3. The van der Waals surface area contributed by atoms with Gasteiger partial charge in [0.1, 0.15) is 0 Å². The summed E-state index contributed by atoms with van der Waals surface area (Å²) in [5.41, 5.74) is 0. The van der Waals surface area contributed by atoms with Gasteiger partial charge in [-0.1, -0.05) is 104 Å². The second kappa shape index (κ2) is 14.4. The van der Waals surface area contributed by atoms with Gasteiger partial charge in [-0.15, -0.1) is 45.3 Å². The number of fused-ring (bicyclic) bond motifs is 5. The van der Waals surface area contributed by atoms with E-state index in [1.807, 2.05) is 0 Å². The van der Waals surface area contributed by atoms with Crippen molar-refractivity contribution in [1.29, 1.82) is 0 Å². The smallest absolute Gasteiger partial charge is 0.0889 e. The van der Waals surface area contributed by atoms with Gasteiger partial charge in [-0.3, -0.25) is 0 Å². The number of rotatable bonds is 18. The van der Waals surface area contributed by atoms with Crippen molar-refractivity contribution < 1.29 is 0 Å². The van der Waals surface area contributed by atoms with Gasteiger partial charge in [0, 0.05) is 20.5 Å². The van der Waals surface area contributed by atoms with Crippen LogP contribution in [0.1, 0.15) is 126 Å². The van der Waals surface area contributed by atoms with Gasteiger partial charge in [0.25, 0.3) is 0 Å². The van der Waals surface area contributed by atoms with Crippen LogP contribution in [-0.4, -0.2) is 0 Å². The van der Waals surface area contributed by atoms with Crippen molar-refractivity contribution in [3.8, 4) is 0 Å². The molecule has 188 valence electrons. The first-order valence-corrected chi connectivity index (χ1v) is 17.4. The first-order valence-electron chi connectivity index (χ1n) is 14.2. The van der Waals surface area contributed by atoms with Crippen molar-refractivity contribution >= 4 is 73.5 Å². The molecule has 0 fully saturated rings. The van der Waals surface area contributed by atoms with Crippen molar-refractivity contribution in [2.45, 2.75) is 129 Å². The van der Waals surface area contributed by atoms with Crippen LogP contribution in [0.2, 0.25) is 0 Å². The van der Waals surface area contributed by atoms with Crippen LogP contribution in [0.25, 0.3) is 28.2 Å². The van der Waals surface area contributed by atoms with Crippen LogP contribution in [0.3, 0.4) is 0 Å². The topological polar surface area (TPSA) is 0 Å². The quantitative estimate of drug-likeness (QED) is 0.112. The molecule has 0 bridgehead atoms.